The molecule has 1 aliphatic heterocycles. The van der Waals surface area contributed by atoms with Crippen LogP contribution in [0.15, 0.2) is 54.1 Å². The zero-order valence-electron chi connectivity index (χ0n) is 14.2. The molecule has 1 aliphatic rings. The lowest BCUT2D eigenvalue weighted by molar-refractivity contribution is -0.119. The number of hydrogen-bond acceptors (Lipinski definition) is 3. The van der Waals surface area contributed by atoms with E-state index in [9.17, 15) is 9.59 Å². The Morgan fingerprint density at radius 2 is 1.60 bits per heavy atom. The predicted octanol–water partition coefficient (Wildman–Crippen LogP) is 3.70. The highest BCUT2D eigenvalue weighted by molar-refractivity contribution is 6.07. The number of fused-ring (bicyclic) bond motifs is 1. The summed E-state index contributed by atoms with van der Waals surface area (Å²) < 4.78 is 5.60. The van der Waals surface area contributed by atoms with Gasteiger partial charge in [0.25, 0.3) is 5.91 Å². The van der Waals surface area contributed by atoms with E-state index in [-0.39, 0.29) is 24.3 Å². The third-order valence-corrected chi connectivity index (χ3v) is 3.86. The van der Waals surface area contributed by atoms with Crippen molar-refractivity contribution in [3.8, 4) is 5.75 Å². The molecule has 0 unspecified atom stereocenters. The van der Waals surface area contributed by atoms with Crippen molar-refractivity contribution in [3.05, 3.63) is 59.7 Å². The van der Waals surface area contributed by atoms with Crippen molar-refractivity contribution in [2.24, 2.45) is 5.92 Å². The van der Waals surface area contributed by atoms with Crippen LogP contribution >= 0.6 is 0 Å². The summed E-state index contributed by atoms with van der Waals surface area (Å²) >= 11 is 0. The molecule has 3 rings (SSSR count). The van der Waals surface area contributed by atoms with Crippen molar-refractivity contribution in [3.63, 3.8) is 0 Å². The van der Waals surface area contributed by atoms with Gasteiger partial charge in [0.1, 0.15) is 12.4 Å². The van der Waals surface area contributed by atoms with E-state index in [0.717, 1.165) is 11.3 Å². The lowest BCUT2D eigenvalue weighted by Crippen LogP contribution is -2.21. The van der Waals surface area contributed by atoms with Crippen LogP contribution in [0, 0.1) is 5.92 Å². The molecule has 5 heteroatoms. The van der Waals surface area contributed by atoms with E-state index in [0.29, 0.717) is 16.9 Å². The molecule has 5 nitrogen and oxygen atoms in total. The van der Waals surface area contributed by atoms with Crippen molar-refractivity contribution in [1.29, 1.82) is 0 Å². The van der Waals surface area contributed by atoms with Gasteiger partial charge >= 0.3 is 0 Å². The van der Waals surface area contributed by atoms with Crippen LogP contribution in [-0.4, -0.2) is 18.4 Å². The molecule has 0 aliphatic carbocycles. The standard InChI is InChI=1S/C20H20N2O3/c1-13(2)19(23)21-16-7-9-17(10-8-16)22-20(24)15-11-14-5-3-4-6-18(14)25-12-15/h3-11,13H,12H2,1-2H3,(H,21,23)(H,22,24). The first-order valence-electron chi connectivity index (χ1n) is 8.17. The van der Waals surface area contributed by atoms with Gasteiger partial charge in [-0.3, -0.25) is 9.59 Å². The Morgan fingerprint density at radius 1 is 0.960 bits per heavy atom. The van der Waals surface area contributed by atoms with Crippen molar-refractivity contribution >= 4 is 29.3 Å². The second kappa shape index (κ2) is 7.21. The number of para-hydroxylation sites is 1. The zero-order valence-corrected chi connectivity index (χ0v) is 14.2. The van der Waals surface area contributed by atoms with Gasteiger partial charge in [0, 0.05) is 22.9 Å². The molecule has 128 valence electrons. The van der Waals surface area contributed by atoms with Gasteiger partial charge in [-0.25, -0.2) is 0 Å². The van der Waals surface area contributed by atoms with E-state index in [1.54, 1.807) is 24.3 Å². The van der Waals surface area contributed by atoms with Crippen LogP contribution in [0.1, 0.15) is 19.4 Å². The number of amides is 2. The van der Waals surface area contributed by atoms with Gasteiger partial charge in [-0.05, 0) is 36.4 Å². The summed E-state index contributed by atoms with van der Waals surface area (Å²) in [6.07, 6.45) is 1.84. The van der Waals surface area contributed by atoms with Crippen molar-refractivity contribution in [1.82, 2.24) is 0 Å². The second-order valence-corrected chi connectivity index (χ2v) is 6.17. The van der Waals surface area contributed by atoms with E-state index in [1.807, 2.05) is 44.2 Å². The maximum atomic E-state index is 12.4. The number of carbonyl (C=O) groups is 2. The Morgan fingerprint density at radius 3 is 2.28 bits per heavy atom. The van der Waals surface area contributed by atoms with Crippen LogP contribution in [0.25, 0.3) is 6.08 Å². The molecule has 0 saturated heterocycles. The summed E-state index contributed by atoms with van der Waals surface area (Å²) in [5.41, 5.74) is 2.82. The smallest absolute Gasteiger partial charge is 0.255 e. The molecule has 0 fully saturated rings. The van der Waals surface area contributed by atoms with Gasteiger partial charge in [0.2, 0.25) is 5.91 Å². The second-order valence-electron chi connectivity index (χ2n) is 6.17. The number of carbonyl (C=O) groups excluding carboxylic acids is 2. The molecule has 0 bridgehead atoms. The fourth-order valence-electron chi connectivity index (χ4n) is 2.38. The van der Waals surface area contributed by atoms with Crippen molar-refractivity contribution in [2.75, 3.05) is 17.2 Å². The normalized spacial score (nSPS) is 12.7. The molecule has 0 radical (unpaired) electrons. The average Bonchev–Trinajstić information content (AvgIpc) is 2.62. The minimum absolute atomic E-state index is 0.0417. The highest BCUT2D eigenvalue weighted by atomic mass is 16.5. The number of hydrogen-bond donors (Lipinski definition) is 2. The highest BCUT2D eigenvalue weighted by Crippen LogP contribution is 2.26. The van der Waals surface area contributed by atoms with Crippen LogP contribution in [0.5, 0.6) is 5.75 Å². The molecular weight excluding hydrogens is 316 g/mol. The summed E-state index contributed by atoms with van der Waals surface area (Å²) in [5, 5.41) is 5.66. The summed E-state index contributed by atoms with van der Waals surface area (Å²) in [5.74, 6) is 0.457. The van der Waals surface area contributed by atoms with Crippen LogP contribution in [0.2, 0.25) is 0 Å². The highest BCUT2D eigenvalue weighted by Gasteiger charge is 2.17. The van der Waals surface area contributed by atoms with Crippen LogP contribution in [0.4, 0.5) is 11.4 Å². The van der Waals surface area contributed by atoms with Gasteiger partial charge < -0.3 is 15.4 Å². The average molecular weight is 336 g/mol. The SMILES string of the molecule is CC(C)C(=O)Nc1ccc(NC(=O)C2=Cc3ccccc3OC2)cc1. The molecule has 0 saturated carbocycles. The third-order valence-electron chi connectivity index (χ3n) is 3.86. The van der Waals surface area contributed by atoms with E-state index in [1.165, 1.54) is 0 Å². The number of rotatable bonds is 4. The first-order chi connectivity index (χ1) is 12.0. The number of benzene rings is 2. The van der Waals surface area contributed by atoms with E-state index in [4.69, 9.17) is 4.74 Å². The van der Waals surface area contributed by atoms with Gasteiger partial charge in [-0.15, -0.1) is 0 Å². The fourth-order valence-corrected chi connectivity index (χ4v) is 2.38. The summed E-state index contributed by atoms with van der Waals surface area (Å²) in [4.78, 5) is 24.1. The summed E-state index contributed by atoms with van der Waals surface area (Å²) in [6, 6.07) is 14.6. The topological polar surface area (TPSA) is 67.4 Å². The minimum Gasteiger partial charge on any atom is -0.488 e. The molecule has 1 heterocycles. The van der Waals surface area contributed by atoms with E-state index < -0.39 is 0 Å². The maximum Gasteiger partial charge on any atom is 0.255 e. The summed E-state index contributed by atoms with van der Waals surface area (Å²) in [6.45, 7) is 3.91. The molecule has 0 spiro atoms. The molecule has 25 heavy (non-hydrogen) atoms. The quantitative estimate of drug-likeness (QED) is 0.895. The Bertz CT molecular complexity index is 823. The predicted molar refractivity (Wildman–Crippen MR) is 98.5 cm³/mol. The zero-order chi connectivity index (χ0) is 17.8. The molecule has 2 N–H and O–H groups in total. The Kier molecular flexibility index (Phi) is 4.84. The summed E-state index contributed by atoms with van der Waals surface area (Å²) in [7, 11) is 0. The van der Waals surface area contributed by atoms with Gasteiger partial charge in [-0.2, -0.15) is 0 Å². The van der Waals surface area contributed by atoms with Gasteiger partial charge in [0.15, 0.2) is 0 Å². The lowest BCUT2D eigenvalue weighted by Gasteiger charge is -2.17. The number of anilines is 2. The monoisotopic (exact) mass is 336 g/mol. The van der Waals surface area contributed by atoms with Gasteiger partial charge in [0.05, 0.1) is 5.57 Å². The molecule has 0 atom stereocenters. The molecule has 2 amide bonds. The maximum absolute atomic E-state index is 12.4. The lowest BCUT2D eigenvalue weighted by atomic mass is 10.1. The minimum atomic E-state index is -0.200. The first kappa shape index (κ1) is 16.8. The van der Waals surface area contributed by atoms with Crippen molar-refractivity contribution in [2.45, 2.75) is 13.8 Å². The number of nitrogens with one attached hydrogen (secondary N) is 2. The van der Waals surface area contributed by atoms with Gasteiger partial charge in [-0.1, -0.05) is 32.0 Å². The van der Waals surface area contributed by atoms with Crippen LogP contribution in [-0.2, 0) is 9.59 Å². The molecule has 2 aromatic carbocycles. The van der Waals surface area contributed by atoms with Crippen LogP contribution < -0.4 is 15.4 Å². The van der Waals surface area contributed by atoms with E-state index in [2.05, 4.69) is 10.6 Å². The third kappa shape index (κ3) is 4.07. The Hall–Kier alpha value is -3.08. The largest absolute Gasteiger partial charge is 0.488 e. The van der Waals surface area contributed by atoms with E-state index >= 15 is 0 Å². The molecule has 0 aromatic heterocycles. The first-order valence-corrected chi connectivity index (χ1v) is 8.17. The number of ether oxygens (including phenoxy) is 1. The Labute approximate surface area is 146 Å². The fraction of sp³-hybridized carbons (Fsp3) is 0.200. The Balaban J connectivity index is 1.66. The van der Waals surface area contributed by atoms with Crippen LogP contribution in [0.3, 0.4) is 0 Å². The molecule has 2 aromatic rings. The molecular formula is C20H20N2O3. The van der Waals surface area contributed by atoms with Crippen molar-refractivity contribution < 1.29 is 14.3 Å².